The average Bonchev–Trinajstić information content (AvgIpc) is 3.38. The molecule has 0 unspecified atom stereocenters. The molecular formula is C27H32N2O5. The van der Waals surface area contributed by atoms with Gasteiger partial charge in [0.25, 0.3) is 0 Å². The molecule has 2 aliphatic carbocycles. The summed E-state index contributed by atoms with van der Waals surface area (Å²) >= 11 is 0. The quantitative estimate of drug-likeness (QED) is 0.591. The summed E-state index contributed by atoms with van der Waals surface area (Å²) in [6.45, 7) is 5.71. The first-order chi connectivity index (χ1) is 16.2. The van der Waals surface area contributed by atoms with Gasteiger partial charge >= 0.3 is 12.1 Å². The van der Waals surface area contributed by atoms with Gasteiger partial charge in [0, 0.05) is 12.0 Å². The van der Waals surface area contributed by atoms with Crippen LogP contribution in [0.5, 0.6) is 0 Å². The Morgan fingerprint density at radius 2 is 1.59 bits per heavy atom. The highest BCUT2D eigenvalue weighted by Crippen LogP contribution is 2.44. The van der Waals surface area contributed by atoms with E-state index >= 15 is 0 Å². The van der Waals surface area contributed by atoms with Crippen molar-refractivity contribution in [3.05, 3.63) is 59.7 Å². The number of carboxylic acid groups (broad SMARTS) is 1. The number of aliphatic carboxylic acids is 1. The van der Waals surface area contributed by atoms with Crippen LogP contribution in [0, 0.1) is 11.3 Å². The monoisotopic (exact) mass is 464 g/mol. The lowest BCUT2D eigenvalue weighted by Gasteiger charge is -2.31. The molecule has 7 nitrogen and oxygen atoms in total. The summed E-state index contributed by atoms with van der Waals surface area (Å²) in [6.07, 6.45) is 1.24. The molecular weight excluding hydrogens is 432 g/mol. The summed E-state index contributed by atoms with van der Waals surface area (Å²) in [5.74, 6) is -1.97. The minimum absolute atomic E-state index is 0.0742. The van der Waals surface area contributed by atoms with Crippen LogP contribution in [-0.2, 0) is 14.3 Å². The number of carbonyl (C=O) groups is 3. The van der Waals surface area contributed by atoms with Crippen molar-refractivity contribution >= 4 is 18.0 Å². The minimum atomic E-state index is -0.903. The van der Waals surface area contributed by atoms with Crippen LogP contribution in [0.2, 0.25) is 0 Å². The highest BCUT2D eigenvalue weighted by molar-refractivity contribution is 5.87. The lowest BCUT2D eigenvalue weighted by Crippen LogP contribution is -2.56. The lowest BCUT2D eigenvalue weighted by atomic mass is 9.86. The number of ether oxygens (including phenoxy) is 1. The first-order valence-electron chi connectivity index (χ1n) is 11.8. The van der Waals surface area contributed by atoms with E-state index in [0.29, 0.717) is 12.8 Å². The zero-order valence-electron chi connectivity index (χ0n) is 19.8. The minimum Gasteiger partial charge on any atom is -0.481 e. The number of nitrogens with one attached hydrogen (secondary N) is 2. The molecule has 2 aromatic carbocycles. The molecule has 0 spiro atoms. The number of rotatable bonds is 6. The van der Waals surface area contributed by atoms with Crippen molar-refractivity contribution in [3.63, 3.8) is 0 Å². The van der Waals surface area contributed by atoms with Crippen LogP contribution in [0.4, 0.5) is 4.79 Å². The molecule has 0 radical (unpaired) electrons. The first kappa shape index (κ1) is 23.8. The van der Waals surface area contributed by atoms with E-state index in [0.717, 1.165) is 28.7 Å². The van der Waals surface area contributed by atoms with Gasteiger partial charge in [-0.1, -0.05) is 75.7 Å². The summed E-state index contributed by atoms with van der Waals surface area (Å²) in [6, 6.07) is 14.9. The van der Waals surface area contributed by atoms with Gasteiger partial charge in [0.2, 0.25) is 5.91 Å². The Morgan fingerprint density at radius 3 is 2.15 bits per heavy atom. The van der Waals surface area contributed by atoms with E-state index in [1.807, 2.05) is 57.2 Å². The number of carbonyl (C=O) groups excluding carboxylic acids is 2. The zero-order chi connectivity index (χ0) is 24.5. The summed E-state index contributed by atoms with van der Waals surface area (Å²) < 4.78 is 5.62. The number of carboxylic acids is 1. The smallest absolute Gasteiger partial charge is 0.407 e. The third kappa shape index (κ3) is 4.79. The fourth-order valence-corrected chi connectivity index (χ4v) is 5.13. The van der Waals surface area contributed by atoms with Gasteiger partial charge in [-0.25, -0.2) is 4.79 Å². The second kappa shape index (κ2) is 9.49. The van der Waals surface area contributed by atoms with Crippen molar-refractivity contribution in [2.45, 2.75) is 58.0 Å². The van der Waals surface area contributed by atoms with Crippen LogP contribution in [0.25, 0.3) is 11.1 Å². The van der Waals surface area contributed by atoms with Gasteiger partial charge in [0.15, 0.2) is 0 Å². The highest BCUT2D eigenvalue weighted by Gasteiger charge is 2.39. The van der Waals surface area contributed by atoms with E-state index in [1.165, 1.54) is 0 Å². The van der Waals surface area contributed by atoms with Gasteiger partial charge in [-0.05, 0) is 40.5 Å². The number of hydrogen-bond donors (Lipinski definition) is 3. The fraction of sp³-hybridized carbons (Fsp3) is 0.444. The highest BCUT2D eigenvalue weighted by atomic mass is 16.5. The molecule has 2 aliphatic rings. The van der Waals surface area contributed by atoms with Gasteiger partial charge in [-0.15, -0.1) is 0 Å². The van der Waals surface area contributed by atoms with Gasteiger partial charge in [0.05, 0.1) is 5.92 Å². The van der Waals surface area contributed by atoms with Crippen LogP contribution in [0.15, 0.2) is 48.5 Å². The molecule has 3 atom stereocenters. The largest absolute Gasteiger partial charge is 0.481 e. The Bertz CT molecular complexity index is 1040. The maximum atomic E-state index is 13.1. The third-order valence-electron chi connectivity index (χ3n) is 6.89. The van der Waals surface area contributed by atoms with E-state index in [9.17, 15) is 19.5 Å². The molecule has 1 saturated carbocycles. The average molecular weight is 465 g/mol. The van der Waals surface area contributed by atoms with Crippen LogP contribution in [0.3, 0.4) is 0 Å². The summed E-state index contributed by atoms with van der Waals surface area (Å²) in [5, 5.41) is 15.0. The van der Waals surface area contributed by atoms with Gasteiger partial charge < -0.3 is 20.5 Å². The maximum absolute atomic E-state index is 13.1. The van der Waals surface area contributed by atoms with Gasteiger partial charge in [-0.3, -0.25) is 9.59 Å². The molecule has 4 rings (SSSR count). The molecule has 34 heavy (non-hydrogen) atoms. The number of hydrogen-bond acceptors (Lipinski definition) is 4. The summed E-state index contributed by atoms with van der Waals surface area (Å²) in [4.78, 5) is 37.3. The van der Waals surface area contributed by atoms with Crippen LogP contribution in [0.1, 0.15) is 57.1 Å². The molecule has 0 heterocycles. The predicted octanol–water partition coefficient (Wildman–Crippen LogP) is 4.31. The Balaban J connectivity index is 1.42. The molecule has 3 N–H and O–H groups in total. The van der Waals surface area contributed by atoms with E-state index < -0.39 is 35.5 Å². The first-order valence-corrected chi connectivity index (χ1v) is 11.8. The number of alkyl carbamates (subject to hydrolysis) is 1. The van der Waals surface area contributed by atoms with Gasteiger partial charge in [0.1, 0.15) is 12.6 Å². The molecule has 0 saturated heterocycles. The summed E-state index contributed by atoms with van der Waals surface area (Å²) in [5.41, 5.74) is 3.92. The van der Waals surface area contributed by atoms with Crippen LogP contribution < -0.4 is 10.6 Å². The van der Waals surface area contributed by atoms with Crippen molar-refractivity contribution in [3.8, 4) is 11.1 Å². The second-order valence-corrected chi connectivity index (χ2v) is 10.3. The zero-order valence-corrected chi connectivity index (χ0v) is 19.8. The molecule has 7 heteroatoms. The number of fused-ring (bicyclic) bond motifs is 3. The van der Waals surface area contributed by atoms with Crippen molar-refractivity contribution in [2.75, 3.05) is 6.61 Å². The van der Waals surface area contributed by atoms with E-state index in [-0.39, 0.29) is 18.4 Å². The predicted molar refractivity (Wildman–Crippen MR) is 128 cm³/mol. The van der Waals surface area contributed by atoms with Crippen LogP contribution >= 0.6 is 0 Å². The SMILES string of the molecule is CC(C)(C)[C@H](NC(=O)OCC1c2ccccc2-c2ccccc21)C(=O)N[C@@H]1CCC[C@@H]1C(=O)O. The maximum Gasteiger partial charge on any atom is 0.407 e. The molecule has 2 aromatic rings. The topological polar surface area (TPSA) is 105 Å². The lowest BCUT2D eigenvalue weighted by molar-refractivity contribution is -0.142. The Morgan fingerprint density at radius 1 is 1.00 bits per heavy atom. The Labute approximate surface area is 199 Å². The molecule has 0 aliphatic heterocycles. The van der Waals surface area contributed by atoms with E-state index in [2.05, 4.69) is 22.8 Å². The Kier molecular flexibility index (Phi) is 6.64. The van der Waals surface area contributed by atoms with Gasteiger partial charge in [-0.2, -0.15) is 0 Å². The van der Waals surface area contributed by atoms with Crippen molar-refractivity contribution in [1.29, 1.82) is 0 Å². The van der Waals surface area contributed by atoms with E-state index in [4.69, 9.17) is 4.74 Å². The van der Waals surface area contributed by atoms with Crippen molar-refractivity contribution < 1.29 is 24.2 Å². The Hall–Kier alpha value is -3.35. The van der Waals surface area contributed by atoms with Crippen molar-refractivity contribution in [1.82, 2.24) is 10.6 Å². The third-order valence-corrected chi connectivity index (χ3v) is 6.89. The molecule has 1 fully saturated rings. The summed E-state index contributed by atoms with van der Waals surface area (Å²) in [7, 11) is 0. The number of amides is 2. The van der Waals surface area contributed by atoms with Crippen molar-refractivity contribution in [2.24, 2.45) is 11.3 Å². The molecule has 2 amide bonds. The van der Waals surface area contributed by atoms with E-state index in [1.54, 1.807) is 0 Å². The van der Waals surface area contributed by atoms with Crippen LogP contribution in [-0.4, -0.2) is 41.8 Å². The fourth-order valence-electron chi connectivity index (χ4n) is 5.13. The standard InChI is InChI=1S/C27H32N2O5/c1-27(2,3)23(24(30)28-22-14-8-13-20(22)25(31)32)29-26(33)34-15-21-18-11-6-4-9-16(18)17-10-5-7-12-19(17)21/h4-7,9-12,20-23H,8,13-15H2,1-3H3,(H,28,30)(H,29,33)(H,31,32)/t20-,22+,23+/m0/s1. The number of benzene rings is 2. The second-order valence-electron chi connectivity index (χ2n) is 10.3. The molecule has 0 bridgehead atoms. The molecule has 180 valence electrons. The molecule has 0 aromatic heterocycles. The normalized spacial score (nSPS) is 20.2.